The van der Waals surface area contributed by atoms with Crippen LogP contribution in [0.5, 0.6) is 0 Å². The molecule has 0 aliphatic heterocycles. The van der Waals surface area contributed by atoms with Crippen molar-refractivity contribution in [3.05, 3.63) is 67.7 Å². The second kappa shape index (κ2) is 5.38. The lowest BCUT2D eigenvalue weighted by molar-refractivity contribution is 0.591. The summed E-state index contributed by atoms with van der Waals surface area (Å²) in [5.74, 6) is -0.508. The number of aromatic nitrogens is 2. The van der Waals surface area contributed by atoms with Gasteiger partial charge in [0, 0.05) is 22.9 Å². The SMILES string of the molecule is Cc1cn(Cc2ccc(C(N)=S)cc2F)c(=O)[nH]c1=O. The van der Waals surface area contributed by atoms with Crippen molar-refractivity contribution in [1.29, 1.82) is 0 Å². The summed E-state index contributed by atoms with van der Waals surface area (Å²) in [6, 6.07) is 4.32. The Hall–Kier alpha value is -2.28. The van der Waals surface area contributed by atoms with Crippen LogP contribution in [0.25, 0.3) is 0 Å². The summed E-state index contributed by atoms with van der Waals surface area (Å²) in [4.78, 5) is 25.2. The van der Waals surface area contributed by atoms with Crippen LogP contribution in [0.15, 0.2) is 34.0 Å². The van der Waals surface area contributed by atoms with Crippen LogP contribution in [-0.2, 0) is 6.54 Å². The lowest BCUT2D eigenvalue weighted by Gasteiger charge is -2.08. The van der Waals surface area contributed by atoms with Crippen molar-refractivity contribution in [2.75, 3.05) is 0 Å². The number of halogens is 1. The highest BCUT2D eigenvalue weighted by molar-refractivity contribution is 7.80. The van der Waals surface area contributed by atoms with Crippen LogP contribution < -0.4 is 17.0 Å². The fraction of sp³-hybridized carbons (Fsp3) is 0.154. The quantitative estimate of drug-likeness (QED) is 0.815. The Kier molecular flexibility index (Phi) is 3.80. The number of hydrogen-bond donors (Lipinski definition) is 2. The molecule has 7 heteroatoms. The van der Waals surface area contributed by atoms with Crippen LogP contribution in [0.3, 0.4) is 0 Å². The number of nitrogens with one attached hydrogen (secondary N) is 1. The van der Waals surface area contributed by atoms with Gasteiger partial charge in [-0.2, -0.15) is 0 Å². The molecule has 0 radical (unpaired) electrons. The van der Waals surface area contributed by atoms with E-state index < -0.39 is 17.1 Å². The third-order valence-electron chi connectivity index (χ3n) is 2.87. The molecule has 0 aliphatic carbocycles. The first-order valence-electron chi connectivity index (χ1n) is 5.77. The van der Waals surface area contributed by atoms with E-state index in [0.29, 0.717) is 16.7 Å². The van der Waals surface area contributed by atoms with Crippen LogP contribution in [0.2, 0.25) is 0 Å². The van der Waals surface area contributed by atoms with E-state index in [1.54, 1.807) is 13.0 Å². The molecule has 0 atom stereocenters. The Labute approximate surface area is 118 Å². The largest absolute Gasteiger partial charge is 0.389 e. The van der Waals surface area contributed by atoms with Crippen molar-refractivity contribution in [3.8, 4) is 0 Å². The highest BCUT2D eigenvalue weighted by Crippen LogP contribution is 2.11. The monoisotopic (exact) mass is 293 g/mol. The third kappa shape index (κ3) is 2.83. The number of thiocarbonyl (C=S) groups is 1. The van der Waals surface area contributed by atoms with Crippen molar-refractivity contribution >= 4 is 17.2 Å². The molecule has 1 aromatic heterocycles. The molecule has 0 saturated carbocycles. The maximum atomic E-state index is 13.9. The average molecular weight is 293 g/mol. The number of nitrogens with zero attached hydrogens (tertiary/aromatic N) is 1. The Bertz CT molecular complexity index is 795. The van der Waals surface area contributed by atoms with Gasteiger partial charge in [-0.1, -0.05) is 24.4 Å². The summed E-state index contributed by atoms with van der Waals surface area (Å²) in [5.41, 5.74) is 5.49. The van der Waals surface area contributed by atoms with Crippen LogP contribution in [0.4, 0.5) is 4.39 Å². The van der Waals surface area contributed by atoms with Gasteiger partial charge in [-0.15, -0.1) is 0 Å². The van der Waals surface area contributed by atoms with Gasteiger partial charge in [-0.3, -0.25) is 14.3 Å². The maximum Gasteiger partial charge on any atom is 0.328 e. The maximum absolute atomic E-state index is 13.9. The zero-order valence-corrected chi connectivity index (χ0v) is 11.5. The van der Waals surface area contributed by atoms with E-state index in [1.165, 1.54) is 22.9 Å². The van der Waals surface area contributed by atoms with Crippen LogP contribution >= 0.6 is 12.2 Å². The fourth-order valence-corrected chi connectivity index (χ4v) is 1.88. The molecule has 2 rings (SSSR count). The molecule has 2 aromatic rings. The van der Waals surface area contributed by atoms with Crippen molar-refractivity contribution in [3.63, 3.8) is 0 Å². The summed E-state index contributed by atoms with van der Waals surface area (Å²) in [6.45, 7) is 1.58. The zero-order valence-electron chi connectivity index (χ0n) is 10.6. The molecule has 104 valence electrons. The van der Waals surface area contributed by atoms with Gasteiger partial charge in [-0.05, 0) is 13.0 Å². The predicted octanol–water partition coefficient (Wildman–Crippen LogP) is 0.667. The average Bonchev–Trinajstić information content (AvgIpc) is 2.37. The van der Waals surface area contributed by atoms with Crippen molar-refractivity contribution in [1.82, 2.24) is 9.55 Å². The number of aryl methyl sites for hydroxylation is 1. The standard InChI is InChI=1S/C13H12FN3O2S/c1-7-5-17(13(19)16-12(7)18)6-9-3-2-8(11(15)20)4-10(9)14/h2-5H,6H2,1H3,(H2,15,20)(H,16,18,19). The third-order valence-corrected chi connectivity index (χ3v) is 3.10. The van der Waals surface area contributed by atoms with Crippen LogP contribution in [0, 0.1) is 12.7 Å². The summed E-state index contributed by atoms with van der Waals surface area (Å²) in [5, 5.41) is 0. The molecule has 0 unspecified atom stereocenters. The molecule has 0 aliphatic rings. The Morgan fingerprint density at radius 3 is 2.75 bits per heavy atom. The topological polar surface area (TPSA) is 80.9 Å². The van der Waals surface area contributed by atoms with E-state index in [1.807, 2.05) is 0 Å². The smallest absolute Gasteiger partial charge is 0.328 e. The molecule has 0 amide bonds. The van der Waals surface area contributed by atoms with E-state index in [4.69, 9.17) is 18.0 Å². The summed E-state index contributed by atoms with van der Waals surface area (Å²) in [6.07, 6.45) is 1.39. The van der Waals surface area contributed by atoms with E-state index in [9.17, 15) is 14.0 Å². The first-order valence-corrected chi connectivity index (χ1v) is 6.18. The lowest BCUT2D eigenvalue weighted by Crippen LogP contribution is -2.31. The lowest BCUT2D eigenvalue weighted by atomic mass is 10.1. The fourth-order valence-electron chi connectivity index (χ4n) is 1.75. The summed E-state index contributed by atoms with van der Waals surface area (Å²) >= 11 is 4.76. The van der Waals surface area contributed by atoms with Crippen LogP contribution in [0.1, 0.15) is 16.7 Å². The van der Waals surface area contributed by atoms with Gasteiger partial charge in [0.2, 0.25) is 0 Å². The number of benzene rings is 1. The molecule has 0 saturated heterocycles. The second-order valence-electron chi connectivity index (χ2n) is 4.37. The molecular formula is C13H12FN3O2S. The first-order chi connectivity index (χ1) is 9.38. The molecule has 20 heavy (non-hydrogen) atoms. The Balaban J connectivity index is 2.40. The minimum Gasteiger partial charge on any atom is -0.389 e. The second-order valence-corrected chi connectivity index (χ2v) is 4.81. The zero-order chi connectivity index (χ0) is 14.9. The number of aromatic amines is 1. The summed E-state index contributed by atoms with van der Waals surface area (Å²) < 4.78 is 15.1. The van der Waals surface area contributed by atoms with Gasteiger partial charge in [0.05, 0.1) is 6.54 Å². The number of rotatable bonds is 3. The molecule has 0 spiro atoms. The number of H-pyrrole nitrogens is 1. The molecule has 3 N–H and O–H groups in total. The molecular weight excluding hydrogens is 281 g/mol. The summed E-state index contributed by atoms with van der Waals surface area (Å²) in [7, 11) is 0. The normalized spacial score (nSPS) is 10.5. The molecule has 1 heterocycles. The van der Waals surface area contributed by atoms with E-state index in [0.717, 1.165) is 0 Å². The molecule has 0 bridgehead atoms. The number of hydrogen-bond acceptors (Lipinski definition) is 3. The van der Waals surface area contributed by atoms with Crippen LogP contribution in [-0.4, -0.2) is 14.5 Å². The molecule has 5 nitrogen and oxygen atoms in total. The molecule has 0 fully saturated rings. The Morgan fingerprint density at radius 1 is 1.45 bits per heavy atom. The van der Waals surface area contributed by atoms with Gasteiger partial charge < -0.3 is 5.73 Å². The first kappa shape index (κ1) is 14.1. The highest BCUT2D eigenvalue weighted by Gasteiger charge is 2.08. The van der Waals surface area contributed by atoms with Gasteiger partial charge >= 0.3 is 5.69 Å². The minimum absolute atomic E-state index is 0.0138. The van der Waals surface area contributed by atoms with Crippen molar-refractivity contribution in [2.45, 2.75) is 13.5 Å². The number of nitrogens with two attached hydrogens (primary N) is 1. The highest BCUT2D eigenvalue weighted by atomic mass is 32.1. The van der Waals surface area contributed by atoms with E-state index >= 15 is 0 Å². The Morgan fingerprint density at radius 2 is 2.15 bits per heavy atom. The predicted molar refractivity (Wildman–Crippen MR) is 77.4 cm³/mol. The van der Waals surface area contributed by atoms with Crippen molar-refractivity contribution in [2.24, 2.45) is 5.73 Å². The van der Waals surface area contributed by atoms with Gasteiger partial charge in [-0.25, -0.2) is 9.18 Å². The molecule has 1 aromatic carbocycles. The van der Waals surface area contributed by atoms with Crippen molar-refractivity contribution < 1.29 is 4.39 Å². The van der Waals surface area contributed by atoms with Gasteiger partial charge in [0.1, 0.15) is 10.8 Å². The van der Waals surface area contributed by atoms with E-state index in [-0.39, 0.29) is 11.5 Å². The van der Waals surface area contributed by atoms with Gasteiger partial charge in [0.15, 0.2) is 0 Å². The minimum atomic E-state index is -0.585. The van der Waals surface area contributed by atoms with Gasteiger partial charge in [0.25, 0.3) is 5.56 Å². The van der Waals surface area contributed by atoms with E-state index in [2.05, 4.69) is 4.98 Å².